The van der Waals surface area contributed by atoms with E-state index < -0.39 is 0 Å². The summed E-state index contributed by atoms with van der Waals surface area (Å²) in [5.74, 6) is 1.20. The minimum atomic E-state index is 0.132. The van der Waals surface area contributed by atoms with Gasteiger partial charge in [-0.2, -0.15) is 5.26 Å². The van der Waals surface area contributed by atoms with E-state index in [2.05, 4.69) is 26.7 Å². The van der Waals surface area contributed by atoms with Gasteiger partial charge in [0.05, 0.1) is 33.6 Å². The van der Waals surface area contributed by atoms with Crippen molar-refractivity contribution in [3.63, 3.8) is 0 Å². The van der Waals surface area contributed by atoms with Crippen molar-refractivity contribution in [1.29, 1.82) is 5.26 Å². The van der Waals surface area contributed by atoms with Crippen molar-refractivity contribution in [2.24, 2.45) is 0 Å². The van der Waals surface area contributed by atoms with Crippen molar-refractivity contribution < 1.29 is 9.84 Å². The van der Waals surface area contributed by atoms with Gasteiger partial charge < -0.3 is 20.5 Å². The second-order valence-electron chi connectivity index (χ2n) is 7.62. The van der Waals surface area contributed by atoms with E-state index in [-0.39, 0.29) is 6.61 Å². The fraction of sp³-hybridized carbons (Fsp3) is 0.231. The lowest BCUT2D eigenvalue weighted by Crippen LogP contribution is -2.20. The monoisotopic (exact) mass is 518 g/mol. The van der Waals surface area contributed by atoms with Gasteiger partial charge in [0, 0.05) is 48.0 Å². The van der Waals surface area contributed by atoms with E-state index in [0.717, 1.165) is 50.3 Å². The summed E-state index contributed by atoms with van der Waals surface area (Å²) < 4.78 is 6.78. The Morgan fingerprint density at radius 3 is 2.86 bits per heavy atom. The summed E-state index contributed by atoms with van der Waals surface area (Å²) in [5, 5.41) is 25.1. The van der Waals surface area contributed by atoms with Crippen molar-refractivity contribution in [3.8, 4) is 33.5 Å². The molecule has 0 saturated carbocycles. The van der Waals surface area contributed by atoms with Crippen LogP contribution in [0.15, 0.2) is 65.3 Å². The van der Waals surface area contributed by atoms with Gasteiger partial charge in [0.15, 0.2) is 0 Å². The van der Waals surface area contributed by atoms with Crippen LogP contribution in [0.25, 0.3) is 21.7 Å². The standard InChI is InChI=1S/C26H26N6O2S2/c1-35-25-21(16-27)23(18-5-3-9-29-17-18)24(36-25)22-8-11-30-26(32-22)31-19-6-2-7-20(15-19)34-14-4-10-28-12-13-33/h2-3,5-9,11,15,17,28,33H,4,10,12-14H2,1H3,(H,30,31,32). The second-order valence-corrected chi connectivity index (χ2v) is 9.72. The molecule has 0 aliphatic heterocycles. The topological polar surface area (TPSA) is 116 Å². The van der Waals surface area contributed by atoms with Gasteiger partial charge in [-0.25, -0.2) is 9.97 Å². The molecular formula is C26H26N6O2S2. The number of pyridine rings is 1. The number of aliphatic hydroxyl groups excluding tert-OH is 1. The van der Waals surface area contributed by atoms with Gasteiger partial charge in [-0.05, 0) is 43.5 Å². The molecule has 3 aromatic heterocycles. The SMILES string of the molecule is CSc1sc(-c2ccnc(Nc3cccc(OCCCNCCO)c3)n2)c(-c2cccnc2)c1C#N. The van der Waals surface area contributed by atoms with Gasteiger partial charge in [0.25, 0.3) is 0 Å². The Kier molecular flexibility index (Phi) is 9.24. The van der Waals surface area contributed by atoms with Gasteiger partial charge in [-0.3, -0.25) is 4.98 Å². The summed E-state index contributed by atoms with van der Waals surface area (Å²) in [4.78, 5) is 14.3. The van der Waals surface area contributed by atoms with Crippen LogP contribution >= 0.6 is 23.1 Å². The summed E-state index contributed by atoms with van der Waals surface area (Å²) in [7, 11) is 0. The zero-order valence-corrected chi connectivity index (χ0v) is 21.4. The molecule has 36 heavy (non-hydrogen) atoms. The summed E-state index contributed by atoms with van der Waals surface area (Å²) in [6, 6.07) is 15.7. The first-order chi connectivity index (χ1) is 17.7. The number of anilines is 2. The Morgan fingerprint density at radius 1 is 1.17 bits per heavy atom. The Bertz CT molecular complexity index is 1320. The molecule has 0 amide bonds. The molecule has 3 heterocycles. The first-order valence-electron chi connectivity index (χ1n) is 11.4. The maximum atomic E-state index is 9.90. The van der Waals surface area contributed by atoms with E-state index in [4.69, 9.17) is 14.8 Å². The average Bonchev–Trinajstić information content (AvgIpc) is 3.30. The van der Waals surface area contributed by atoms with Crippen LogP contribution in [0.2, 0.25) is 0 Å². The largest absolute Gasteiger partial charge is 0.493 e. The second kappa shape index (κ2) is 13.0. The van der Waals surface area contributed by atoms with Crippen LogP contribution in [-0.2, 0) is 0 Å². The number of nitrogens with one attached hydrogen (secondary N) is 2. The summed E-state index contributed by atoms with van der Waals surface area (Å²) >= 11 is 3.10. The lowest BCUT2D eigenvalue weighted by molar-refractivity contribution is 0.282. The number of benzene rings is 1. The van der Waals surface area contributed by atoms with E-state index in [0.29, 0.717) is 24.7 Å². The Morgan fingerprint density at radius 2 is 2.08 bits per heavy atom. The molecule has 184 valence electrons. The predicted octanol–water partition coefficient (Wildman–Crippen LogP) is 4.96. The maximum absolute atomic E-state index is 9.90. The molecule has 3 N–H and O–H groups in total. The first kappa shape index (κ1) is 25.6. The van der Waals surface area contributed by atoms with Gasteiger partial charge >= 0.3 is 0 Å². The first-order valence-corrected chi connectivity index (χ1v) is 13.4. The number of aliphatic hydroxyl groups is 1. The number of hydrogen-bond donors (Lipinski definition) is 3. The van der Waals surface area contributed by atoms with Gasteiger partial charge in [0.1, 0.15) is 11.8 Å². The van der Waals surface area contributed by atoms with E-state index in [9.17, 15) is 5.26 Å². The van der Waals surface area contributed by atoms with E-state index in [1.807, 2.05) is 48.7 Å². The number of nitrogens with zero attached hydrogens (tertiary/aromatic N) is 4. The summed E-state index contributed by atoms with van der Waals surface area (Å²) in [6.45, 7) is 2.08. The van der Waals surface area contributed by atoms with Crippen LogP contribution in [0, 0.1) is 11.3 Å². The number of thiophene rings is 1. The predicted molar refractivity (Wildman–Crippen MR) is 145 cm³/mol. The molecule has 10 heteroatoms. The Balaban J connectivity index is 1.54. The van der Waals surface area contributed by atoms with Crippen molar-refractivity contribution in [2.45, 2.75) is 10.6 Å². The highest BCUT2D eigenvalue weighted by atomic mass is 32.2. The Labute approximate surface area is 218 Å². The fourth-order valence-electron chi connectivity index (χ4n) is 3.55. The van der Waals surface area contributed by atoms with Crippen LogP contribution in [0.1, 0.15) is 12.0 Å². The summed E-state index contributed by atoms with van der Waals surface area (Å²) in [6.07, 6.45) is 8.01. The fourth-order valence-corrected chi connectivity index (χ4v) is 5.46. The van der Waals surface area contributed by atoms with Crippen molar-refractivity contribution in [3.05, 3.63) is 66.6 Å². The zero-order chi connectivity index (χ0) is 25.2. The lowest BCUT2D eigenvalue weighted by Gasteiger charge is -2.10. The highest BCUT2D eigenvalue weighted by Crippen LogP contribution is 2.45. The number of rotatable bonds is 12. The number of thioether (sulfide) groups is 1. The van der Waals surface area contributed by atoms with E-state index in [1.54, 1.807) is 41.7 Å². The van der Waals surface area contributed by atoms with E-state index in [1.165, 1.54) is 0 Å². The smallest absolute Gasteiger partial charge is 0.227 e. The van der Waals surface area contributed by atoms with Crippen LogP contribution in [0.4, 0.5) is 11.6 Å². The number of ether oxygens (including phenoxy) is 1. The van der Waals surface area contributed by atoms with Crippen LogP contribution < -0.4 is 15.4 Å². The molecule has 1 aromatic carbocycles. The van der Waals surface area contributed by atoms with Crippen LogP contribution in [0.5, 0.6) is 5.75 Å². The third kappa shape index (κ3) is 6.38. The maximum Gasteiger partial charge on any atom is 0.227 e. The number of nitriles is 1. The van der Waals surface area contributed by atoms with Gasteiger partial charge in [-0.15, -0.1) is 23.1 Å². The third-order valence-electron chi connectivity index (χ3n) is 5.16. The third-order valence-corrected chi connectivity index (χ3v) is 7.49. The van der Waals surface area contributed by atoms with Crippen LogP contribution in [0.3, 0.4) is 0 Å². The molecule has 0 atom stereocenters. The molecule has 0 bridgehead atoms. The molecule has 4 aromatic rings. The summed E-state index contributed by atoms with van der Waals surface area (Å²) in [5.41, 5.74) is 3.90. The lowest BCUT2D eigenvalue weighted by atomic mass is 10.0. The molecule has 0 saturated heterocycles. The molecule has 0 aliphatic carbocycles. The van der Waals surface area contributed by atoms with Gasteiger partial charge in [0.2, 0.25) is 5.95 Å². The minimum Gasteiger partial charge on any atom is -0.493 e. The number of aromatic nitrogens is 3. The molecule has 0 spiro atoms. The minimum absolute atomic E-state index is 0.132. The highest BCUT2D eigenvalue weighted by Gasteiger charge is 2.22. The quantitative estimate of drug-likeness (QED) is 0.177. The molecular weight excluding hydrogens is 492 g/mol. The van der Waals surface area contributed by atoms with Crippen molar-refractivity contribution in [1.82, 2.24) is 20.3 Å². The molecule has 4 rings (SSSR count). The average molecular weight is 519 g/mol. The Hall–Kier alpha value is -3.49. The van der Waals surface area contributed by atoms with Crippen LogP contribution in [-0.4, -0.2) is 52.6 Å². The van der Waals surface area contributed by atoms with Gasteiger partial charge in [-0.1, -0.05) is 12.1 Å². The van der Waals surface area contributed by atoms with E-state index >= 15 is 0 Å². The molecule has 8 nitrogen and oxygen atoms in total. The highest BCUT2D eigenvalue weighted by molar-refractivity contribution is 8.00. The number of hydrogen-bond acceptors (Lipinski definition) is 10. The molecule has 0 fully saturated rings. The molecule has 0 radical (unpaired) electrons. The molecule has 0 aliphatic rings. The normalized spacial score (nSPS) is 10.7. The molecule has 0 unspecified atom stereocenters. The zero-order valence-electron chi connectivity index (χ0n) is 19.8. The van der Waals surface area contributed by atoms with Crippen molar-refractivity contribution in [2.75, 3.05) is 37.9 Å². The van der Waals surface area contributed by atoms with Crippen molar-refractivity contribution >= 4 is 34.7 Å².